The number of nitrogens with zero attached hydrogens (tertiary/aromatic N) is 1. The molecule has 6 nitrogen and oxygen atoms in total. The first kappa shape index (κ1) is 24.9. The van der Waals surface area contributed by atoms with Gasteiger partial charge < -0.3 is 0 Å². The van der Waals surface area contributed by atoms with Crippen LogP contribution in [0.5, 0.6) is 0 Å². The summed E-state index contributed by atoms with van der Waals surface area (Å²) >= 11 is 0. The fourth-order valence-corrected chi connectivity index (χ4v) is 6.64. The van der Waals surface area contributed by atoms with Crippen LogP contribution >= 0.6 is 0 Å². The predicted molar refractivity (Wildman–Crippen MR) is 128 cm³/mol. The second-order valence-electron chi connectivity index (χ2n) is 8.49. The predicted octanol–water partition coefficient (Wildman–Crippen LogP) is 3.97. The van der Waals surface area contributed by atoms with Crippen LogP contribution in [0.4, 0.5) is 0 Å². The third-order valence-corrected chi connectivity index (χ3v) is 9.36. The Bertz CT molecular complexity index is 1070. The number of aryl methyl sites for hydroxylation is 2. The standard InChI is InChI=1S/C24H34N2O4S2/c1-3-5-20-7-11-23(12-8-20)31(27,28)25-19-22-15-17-26(18-16-22)32(29,30)24-13-9-21(6-4-2)10-14-24/h7-14,22,25H,3-6,15-19H2,1-2H3. The summed E-state index contributed by atoms with van der Waals surface area (Å²) in [5, 5.41) is 0. The summed E-state index contributed by atoms with van der Waals surface area (Å²) in [5.41, 5.74) is 2.26. The van der Waals surface area contributed by atoms with Crippen molar-refractivity contribution in [3.63, 3.8) is 0 Å². The summed E-state index contributed by atoms with van der Waals surface area (Å²) in [4.78, 5) is 0.590. The van der Waals surface area contributed by atoms with Crippen molar-refractivity contribution in [1.29, 1.82) is 0 Å². The van der Waals surface area contributed by atoms with Crippen molar-refractivity contribution in [2.24, 2.45) is 5.92 Å². The molecule has 0 atom stereocenters. The fourth-order valence-electron chi connectivity index (χ4n) is 4.05. The Morgan fingerprint density at radius 1 is 0.781 bits per heavy atom. The second-order valence-corrected chi connectivity index (χ2v) is 12.2. The molecular formula is C24H34N2O4S2. The van der Waals surface area contributed by atoms with Crippen molar-refractivity contribution in [3.8, 4) is 0 Å². The minimum absolute atomic E-state index is 0.113. The summed E-state index contributed by atoms with van der Waals surface area (Å²) in [7, 11) is -7.08. The fraction of sp³-hybridized carbons (Fsp3) is 0.500. The molecule has 2 aromatic carbocycles. The van der Waals surface area contributed by atoms with E-state index in [1.54, 1.807) is 24.3 Å². The molecule has 1 aliphatic heterocycles. The van der Waals surface area contributed by atoms with E-state index in [0.29, 0.717) is 37.4 Å². The van der Waals surface area contributed by atoms with Crippen LogP contribution in [0.25, 0.3) is 0 Å². The van der Waals surface area contributed by atoms with Crippen LogP contribution in [0.2, 0.25) is 0 Å². The first-order chi connectivity index (χ1) is 15.3. The highest BCUT2D eigenvalue weighted by Crippen LogP contribution is 2.24. The van der Waals surface area contributed by atoms with Crippen LogP contribution in [-0.4, -0.2) is 40.8 Å². The van der Waals surface area contributed by atoms with E-state index < -0.39 is 20.0 Å². The Morgan fingerprint density at radius 3 is 1.72 bits per heavy atom. The SMILES string of the molecule is CCCc1ccc(S(=O)(=O)NCC2CCN(S(=O)(=O)c3ccc(CCC)cc3)CC2)cc1. The lowest BCUT2D eigenvalue weighted by Gasteiger charge is -2.31. The summed E-state index contributed by atoms with van der Waals surface area (Å²) < 4.78 is 55.3. The maximum absolute atomic E-state index is 13.0. The van der Waals surface area contributed by atoms with Gasteiger partial charge in [0.2, 0.25) is 20.0 Å². The van der Waals surface area contributed by atoms with E-state index in [1.165, 1.54) is 4.31 Å². The smallest absolute Gasteiger partial charge is 0.211 e. The van der Waals surface area contributed by atoms with E-state index in [4.69, 9.17) is 0 Å². The summed E-state index contributed by atoms with van der Waals surface area (Å²) in [5.74, 6) is 0.113. The molecule has 0 saturated carbocycles. The van der Waals surface area contributed by atoms with Gasteiger partial charge in [-0.3, -0.25) is 0 Å². The molecule has 0 aromatic heterocycles. The van der Waals surface area contributed by atoms with Gasteiger partial charge in [-0.05, 0) is 67.0 Å². The molecule has 0 spiro atoms. The molecule has 176 valence electrons. The first-order valence-electron chi connectivity index (χ1n) is 11.4. The van der Waals surface area contributed by atoms with E-state index in [0.717, 1.165) is 36.8 Å². The molecule has 1 saturated heterocycles. The zero-order chi connectivity index (χ0) is 23.2. The van der Waals surface area contributed by atoms with E-state index in [1.807, 2.05) is 24.3 Å². The van der Waals surface area contributed by atoms with E-state index in [2.05, 4.69) is 18.6 Å². The molecule has 8 heteroatoms. The summed E-state index contributed by atoms with van der Waals surface area (Å²) in [6.45, 7) is 5.30. The molecule has 0 aliphatic carbocycles. The van der Waals surface area contributed by atoms with Gasteiger partial charge in [0, 0.05) is 19.6 Å². The number of piperidine rings is 1. The van der Waals surface area contributed by atoms with Crippen molar-refractivity contribution in [2.75, 3.05) is 19.6 Å². The van der Waals surface area contributed by atoms with Crippen molar-refractivity contribution in [1.82, 2.24) is 9.03 Å². The van der Waals surface area contributed by atoms with Crippen LogP contribution in [0, 0.1) is 5.92 Å². The molecule has 1 fully saturated rings. The zero-order valence-corrected chi connectivity index (χ0v) is 20.6. The average Bonchev–Trinajstić information content (AvgIpc) is 2.79. The van der Waals surface area contributed by atoms with Crippen LogP contribution in [0.1, 0.15) is 50.7 Å². The van der Waals surface area contributed by atoms with Gasteiger partial charge in [-0.2, -0.15) is 4.31 Å². The molecule has 1 aliphatic rings. The Hall–Kier alpha value is -1.74. The summed E-state index contributed by atoms with van der Waals surface area (Å²) in [6.07, 6.45) is 5.16. The minimum atomic E-state index is -3.57. The Balaban J connectivity index is 1.54. The van der Waals surface area contributed by atoms with Crippen molar-refractivity contribution in [2.45, 2.75) is 62.2 Å². The van der Waals surface area contributed by atoms with E-state index in [9.17, 15) is 16.8 Å². The molecule has 3 rings (SSSR count). The quantitative estimate of drug-likeness (QED) is 0.560. The van der Waals surface area contributed by atoms with Crippen LogP contribution in [0.3, 0.4) is 0 Å². The van der Waals surface area contributed by atoms with Crippen molar-refractivity contribution < 1.29 is 16.8 Å². The normalized spacial score (nSPS) is 16.3. The number of nitrogens with one attached hydrogen (secondary N) is 1. The topological polar surface area (TPSA) is 83.6 Å². The highest BCUT2D eigenvalue weighted by Gasteiger charge is 2.30. The maximum Gasteiger partial charge on any atom is 0.243 e. The third kappa shape index (κ3) is 6.19. The monoisotopic (exact) mass is 478 g/mol. The lowest BCUT2D eigenvalue weighted by Crippen LogP contribution is -2.41. The molecule has 32 heavy (non-hydrogen) atoms. The molecule has 2 aromatic rings. The molecule has 1 N–H and O–H groups in total. The van der Waals surface area contributed by atoms with Gasteiger partial charge >= 0.3 is 0 Å². The van der Waals surface area contributed by atoms with Gasteiger partial charge in [-0.1, -0.05) is 51.0 Å². The highest BCUT2D eigenvalue weighted by atomic mass is 32.2. The van der Waals surface area contributed by atoms with E-state index >= 15 is 0 Å². The molecule has 0 radical (unpaired) electrons. The lowest BCUT2D eigenvalue weighted by molar-refractivity contribution is 0.274. The van der Waals surface area contributed by atoms with E-state index in [-0.39, 0.29) is 10.8 Å². The maximum atomic E-state index is 13.0. The minimum Gasteiger partial charge on any atom is -0.211 e. The van der Waals surface area contributed by atoms with Gasteiger partial charge in [-0.25, -0.2) is 21.6 Å². The van der Waals surface area contributed by atoms with Crippen LogP contribution in [0.15, 0.2) is 58.3 Å². The number of sulfonamides is 2. The van der Waals surface area contributed by atoms with Gasteiger partial charge in [0.05, 0.1) is 9.79 Å². The molecule has 0 unspecified atom stereocenters. The average molecular weight is 479 g/mol. The van der Waals surface area contributed by atoms with Gasteiger partial charge in [-0.15, -0.1) is 0 Å². The molecule has 0 amide bonds. The first-order valence-corrected chi connectivity index (χ1v) is 14.4. The number of hydrogen-bond acceptors (Lipinski definition) is 4. The largest absolute Gasteiger partial charge is 0.243 e. The molecule has 0 bridgehead atoms. The lowest BCUT2D eigenvalue weighted by atomic mass is 9.99. The number of rotatable bonds is 10. The van der Waals surface area contributed by atoms with Crippen molar-refractivity contribution in [3.05, 3.63) is 59.7 Å². The van der Waals surface area contributed by atoms with Crippen LogP contribution in [-0.2, 0) is 32.9 Å². The number of benzene rings is 2. The van der Waals surface area contributed by atoms with Gasteiger partial charge in [0.1, 0.15) is 0 Å². The highest BCUT2D eigenvalue weighted by molar-refractivity contribution is 7.89. The molecular weight excluding hydrogens is 444 g/mol. The second kappa shape index (κ2) is 10.9. The Morgan fingerprint density at radius 2 is 1.25 bits per heavy atom. The zero-order valence-electron chi connectivity index (χ0n) is 19.0. The number of hydrogen-bond donors (Lipinski definition) is 1. The Labute approximate surface area is 193 Å². The van der Waals surface area contributed by atoms with Crippen molar-refractivity contribution >= 4 is 20.0 Å². The molecule has 1 heterocycles. The summed E-state index contributed by atoms with van der Waals surface area (Å²) in [6, 6.07) is 14.1. The van der Waals surface area contributed by atoms with Gasteiger partial charge in [0.15, 0.2) is 0 Å². The third-order valence-electron chi connectivity index (χ3n) is 6.01. The van der Waals surface area contributed by atoms with Gasteiger partial charge in [0.25, 0.3) is 0 Å². The van der Waals surface area contributed by atoms with Crippen LogP contribution < -0.4 is 4.72 Å². The Kier molecular flexibility index (Phi) is 8.49.